The van der Waals surface area contributed by atoms with E-state index in [-0.39, 0.29) is 17.2 Å². The smallest absolute Gasteiger partial charge is 0.232 e. The average molecular weight is 200 g/mol. The molecule has 0 saturated carbocycles. The van der Waals surface area contributed by atoms with Gasteiger partial charge in [0.05, 0.1) is 17.5 Å². The van der Waals surface area contributed by atoms with E-state index < -0.39 is 10.0 Å². The third-order valence-electron chi connectivity index (χ3n) is 1.43. The van der Waals surface area contributed by atoms with Crippen LogP contribution in [0, 0.1) is 6.07 Å². The molecule has 0 bridgehead atoms. The van der Waals surface area contributed by atoms with Crippen LogP contribution in [0.15, 0.2) is 18.2 Å². The Bertz CT molecular complexity index is 386. The van der Waals surface area contributed by atoms with E-state index in [9.17, 15) is 8.42 Å². The Kier molecular flexibility index (Phi) is 2.77. The molecule has 2 N–H and O–H groups in total. The molecule has 71 valence electrons. The second kappa shape index (κ2) is 3.66. The van der Waals surface area contributed by atoms with E-state index in [0.29, 0.717) is 0 Å². The molecule has 0 fully saturated rings. The first kappa shape index (κ1) is 9.85. The van der Waals surface area contributed by atoms with Gasteiger partial charge in [0.25, 0.3) is 0 Å². The average Bonchev–Trinajstić information content (AvgIpc) is 2.03. The molecule has 0 aromatic heterocycles. The third-order valence-corrected chi connectivity index (χ3v) is 2.72. The summed E-state index contributed by atoms with van der Waals surface area (Å²) in [5, 5.41) is 8.99. The molecule has 1 aromatic carbocycles. The standard InChI is InChI=1S/C8H10NO3S/c1-2-13(11,12)9-7-4-3-5-8(10)6-7/h3-5,9-10H,2H2,1H3. The molecule has 1 rings (SSSR count). The van der Waals surface area contributed by atoms with Gasteiger partial charge >= 0.3 is 0 Å². The molecule has 4 nitrogen and oxygen atoms in total. The summed E-state index contributed by atoms with van der Waals surface area (Å²) in [6, 6.07) is 6.95. The first-order valence-corrected chi connectivity index (χ1v) is 5.40. The van der Waals surface area contributed by atoms with Crippen LogP contribution in [-0.2, 0) is 10.0 Å². The number of benzene rings is 1. The highest BCUT2D eigenvalue weighted by atomic mass is 32.2. The van der Waals surface area contributed by atoms with Gasteiger partial charge in [0.1, 0.15) is 5.75 Å². The van der Waals surface area contributed by atoms with E-state index in [0.717, 1.165) is 0 Å². The van der Waals surface area contributed by atoms with Gasteiger partial charge in [0, 0.05) is 0 Å². The minimum absolute atomic E-state index is 0.00348. The number of sulfonamides is 1. The maximum absolute atomic E-state index is 11.1. The van der Waals surface area contributed by atoms with E-state index >= 15 is 0 Å². The Morgan fingerprint density at radius 1 is 1.54 bits per heavy atom. The topological polar surface area (TPSA) is 66.4 Å². The van der Waals surface area contributed by atoms with Crippen molar-refractivity contribution in [2.75, 3.05) is 10.5 Å². The Morgan fingerprint density at radius 3 is 2.77 bits per heavy atom. The zero-order valence-electron chi connectivity index (χ0n) is 7.11. The summed E-state index contributed by atoms with van der Waals surface area (Å²) in [5.41, 5.74) is 0.252. The Balaban J connectivity index is 2.87. The normalized spacial score (nSPS) is 11.2. The van der Waals surface area contributed by atoms with E-state index in [1.165, 1.54) is 19.1 Å². The van der Waals surface area contributed by atoms with E-state index in [4.69, 9.17) is 5.11 Å². The van der Waals surface area contributed by atoms with Crippen molar-refractivity contribution in [1.82, 2.24) is 0 Å². The number of rotatable bonds is 3. The molecular formula is C8H10NO3S. The van der Waals surface area contributed by atoms with Crippen molar-refractivity contribution in [3.05, 3.63) is 24.3 Å². The van der Waals surface area contributed by atoms with Crippen molar-refractivity contribution >= 4 is 15.7 Å². The summed E-state index contributed by atoms with van der Waals surface area (Å²) in [4.78, 5) is 0. The predicted molar refractivity (Wildman–Crippen MR) is 50.0 cm³/mol. The minimum Gasteiger partial charge on any atom is -0.507 e. The lowest BCUT2D eigenvalue weighted by molar-refractivity contribution is 0.474. The van der Waals surface area contributed by atoms with Gasteiger partial charge in [-0.3, -0.25) is 4.72 Å². The third kappa shape index (κ3) is 2.95. The van der Waals surface area contributed by atoms with Gasteiger partial charge in [-0.2, -0.15) is 0 Å². The highest BCUT2D eigenvalue weighted by Gasteiger charge is 2.06. The molecule has 0 aliphatic carbocycles. The van der Waals surface area contributed by atoms with Gasteiger partial charge in [-0.15, -0.1) is 0 Å². The SMILES string of the molecule is CCS(=O)(=O)Nc1[c]c(O)ccc1. The van der Waals surface area contributed by atoms with Crippen molar-refractivity contribution in [1.29, 1.82) is 0 Å². The van der Waals surface area contributed by atoms with Crippen LogP contribution in [0.5, 0.6) is 5.75 Å². The number of nitrogens with one attached hydrogen (secondary N) is 1. The molecule has 5 heteroatoms. The number of aromatic hydroxyl groups is 1. The maximum atomic E-state index is 11.1. The molecule has 0 aliphatic heterocycles. The van der Waals surface area contributed by atoms with Crippen LogP contribution >= 0.6 is 0 Å². The fraction of sp³-hybridized carbons (Fsp3) is 0.250. The molecule has 0 unspecified atom stereocenters. The number of hydrogen-bond acceptors (Lipinski definition) is 3. The van der Waals surface area contributed by atoms with Crippen LogP contribution in [0.2, 0.25) is 0 Å². The predicted octanol–water partition coefficient (Wildman–Crippen LogP) is 0.954. The molecule has 0 spiro atoms. The van der Waals surface area contributed by atoms with Gasteiger partial charge < -0.3 is 5.11 Å². The lowest BCUT2D eigenvalue weighted by atomic mass is 10.3. The van der Waals surface area contributed by atoms with Gasteiger partial charge in [-0.25, -0.2) is 8.42 Å². The first-order chi connectivity index (χ1) is 6.03. The Hall–Kier alpha value is -1.23. The molecule has 0 saturated heterocycles. The Labute approximate surface area is 77.3 Å². The van der Waals surface area contributed by atoms with Gasteiger partial charge in [-0.1, -0.05) is 6.07 Å². The number of phenols is 1. The first-order valence-electron chi connectivity index (χ1n) is 3.75. The van der Waals surface area contributed by atoms with Crippen LogP contribution in [0.4, 0.5) is 5.69 Å². The largest absolute Gasteiger partial charge is 0.507 e. The van der Waals surface area contributed by atoms with E-state index in [2.05, 4.69) is 10.8 Å². The quantitative estimate of drug-likeness (QED) is 0.763. The van der Waals surface area contributed by atoms with Crippen LogP contribution in [-0.4, -0.2) is 19.3 Å². The van der Waals surface area contributed by atoms with Crippen LogP contribution in [0.25, 0.3) is 0 Å². The molecule has 1 aromatic rings. The maximum Gasteiger partial charge on any atom is 0.232 e. The molecule has 13 heavy (non-hydrogen) atoms. The molecular weight excluding hydrogens is 190 g/mol. The highest BCUT2D eigenvalue weighted by molar-refractivity contribution is 7.92. The summed E-state index contributed by atoms with van der Waals surface area (Å²) in [6.45, 7) is 1.53. The molecule has 1 radical (unpaired) electrons. The van der Waals surface area contributed by atoms with Gasteiger partial charge in [0.2, 0.25) is 10.0 Å². The monoisotopic (exact) mass is 200 g/mol. The van der Waals surface area contributed by atoms with Crippen LogP contribution < -0.4 is 4.72 Å². The zero-order valence-corrected chi connectivity index (χ0v) is 7.93. The van der Waals surface area contributed by atoms with E-state index in [1.54, 1.807) is 6.07 Å². The minimum atomic E-state index is -3.28. The summed E-state index contributed by atoms with van der Waals surface area (Å²) < 4.78 is 24.4. The second-order valence-corrected chi connectivity index (χ2v) is 4.47. The van der Waals surface area contributed by atoms with Crippen molar-refractivity contribution < 1.29 is 13.5 Å². The van der Waals surface area contributed by atoms with Crippen LogP contribution in [0.3, 0.4) is 0 Å². The van der Waals surface area contributed by atoms with Crippen molar-refractivity contribution in [3.8, 4) is 5.75 Å². The second-order valence-electron chi connectivity index (χ2n) is 2.46. The van der Waals surface area contributed by atoms with Crippen molar-refractivity contribution in [3.63, 3.8) is 0 Å². The molecule has 0 atom stereocenters. The Morgan fingerprint density at radius 2 is 2.23 bits per heavy atom. The lowest BCUT2D eigenvalue weighted by Crippen LogP contribution is -2.14. The van der Waals surface area contributed by atoms with Crippen molar-refractivity contribution in [2.45, 2.75) is 6.92 Å². The molecule has 0 amide bonds. The summed E-state index contributed by atoms with van der Waals surface area (Å²) in [5.74, 6) is -0.0902. The fourth-order valence-electron chi connectivity index (χ4n) is 0.756. The van der Waals surface area contributed by atoms with Gasteiger partial charge in [-0.05, 0) is 19.1 Å². The lowest BCUT2D eigenvalue weighted by Gasteiger charge is -2.04. The number of hydrogen-bond donors (Lipinski definition) is 2. The zero-order chi connectivity index (χ0) is 9.90. The number of phenolic OH excluding ortho intramolecular Hbond substituents is 1. The summed E-state index contributed by atoms with van der Waals surface area (Å²) >= 11 is 0. The fourth-order valence-corrected chi connectivity index (χ4v) is 1.35. The summed E-state index contributed by atoms with van der Waals surface area (Å²) in [6.07, 6.45) is 0. The van der Waals surface area contributed by atoms with Gasteiger partial charge in [0.15, 0.2) is 0 Å². The highest BCUT2D eigenvalue weighted by Crippen LogP contribution is 2.15. The van der Waals surface area contributed by atoms with E-state index in [1.807, 2.05) is 0 Å². The summed E-state index contributed by atoms with van der Waals surface area (Å²) in [7, 11) is -3.28. The number of anilines is 1. The van der Waals surface area contributed by atoms with Crippen molar-refractivity contribution in [2.24, 2.45) is 0 Å². The molecule has 0 aliphatic rings. The molecule has 0 heterocycles. The van der Waals surface area contributed by atoms with Crippen LogP contribution in [0.1, 0.15) is 6.92 Å².